The Balaban J connectivity index is 1.84. The molecule has 1 aliphatic carbocycles. The first-order chi connectivity index (χ1) is 12.6. The van der Waals surface area contributed by atoms with Crippen molar-refractivity contribution in [1.82, 2.24) is 10.6 Å². The topological polar surface area (TPSA) is 67.4 Å². The van der Waals surface area contributed by atoms with Crippen molar-refractivity contribution in [3.63, 3.8) is 0 Å². The van der Waals surface area contributed by atoms with Crippen molar-refractivity contribution in [3.05, 3.63) is 30.3 Å². The highest BCUT2D eigenvalue weighted by atomic mass is 32.2. The summed E-state index contributed by atoms with van der Waals surface area (Å²) in [5.41, 5.74) is 0. The number of amides is 2. The highest BCUT2D eigenvalue weighted by molar-refractivity contribution is 7.98. The fraction of sp³-hybridized carbons (Fsp3) is 0.600. The lowest BCUT2D eigenvalue weighted by Gasteiger charge is -2.29. The Kier molecular flexibility index (Phi) is 8.81. The average Bonchev–Trinajstić information content (AvgIpc) is 2.64. The van der Waals surface area contributed by atoms with E-state index < -0.39 is 6.04 Å². The maximum atomic E-state index is 12.7. The summed E-state index contributed by atoms with van der Waals surface area (Å²) in [5.74, 6) is 1.76. The Labute approximate surface area is 160 Å². The normalized spacial score (nSPS) is 20.8. The average molecular weight is 379 g/mol. The fourth-order valence-electron chi connectivity index (χ4n) is 3.27. The number of nitrogens with one attached hydrogen (secondary N) is 2. The molecule has 1 aliphatic rings. The Morgan fingerprint density at radius 1 is 1.27 bits per heavy atom. The van der Waals surface area contributed by atoms with E-state index in [1.54, 1.807) is 23.9 Å². The number of para-hydroxylation sites is 1. The van der Waals surface area contributed by atoms with Gasteiger partial charge in [0.25, 0.3) is 5.91 Å². The molecule has 0 bridgehead atoms. The number of hydrogen-bond acceptors (Lipinski definition) is 4. The van der Waals surface area contributed by atoms with Crippen LogP contribution < -0.4 is 15.4 Å². The van der Waals surface area contributed by atoms with Crippen LogP contribution in [-0.4, -0.2) is 42.5 Å². The van der Waals surface area contributed by atoms with Crippen LogP contribution in [0.25, 0.3) is 0 Å². The third-order valence-corrected chi connectivity index (χ3v) is 5.30. The Hall–Kier alpha value is -1.69. The molecule has 0 heterocycles. The van der Waals surface area contributed by atoms with Crippen molar-refractivity contribution < 1.29 is 14.3 Å². The molecule has 144 valence electrons. The van der Waals surface area contributed by atoms with Crippen molar-refractivity contribution in [2.24, 2.45) is 5.92 Å². The Morgan fingerprint density at radius 3 is 2.73 bits per heavy atom. The van der Waals surface area contributed by atoms with Crippen molar-refractivity contribution >= 4 is 23.6 Å². The van der Waals surface area contributed by atoms with Crippen LogP contribution in [0.3, 0.4) is 0 Å². The van der Waals surface area contributed by atoms with Gasteiger partial charge in [-0.25, -0.2) is 0 Å². The molecule has 3 atom stereocenters. The molecule has 0 radical (unpaired) electrons. The lowest BCUT2D eigenvalue weighted by Crippen LogP contribution is -2.51. The van der Waals surface area contributed by atoms with Gasteiger partial charge in [0.1, 0.15) is 11.8 Å². The SMILES string of the molecule is CSCCC(NC(=O)COc1ccccc1)C(=O)NC1CCCC(C)C1. The number of ether oxygens (including phenoxy) is 1. The van der Waals surface area contributed by atoms with Gasteiger partial charge in [-0.3, -0.25) is 9.59 Å². The van der Waals surface area contributed by atoms with Crippen LogP contribution in [0.2, 0.25) is 0 Å². The van der Waals surface area contributed by atoms with E-state index in [0.717, 1.165) is 25.0 Å². The fourth-order valence-corrected chi connectivity index (χ4v) is 3.74. The molecule has 1 fully saturated rings. The van der Waals surface area contributed by atoms with Crippen molar-refractivity contribution in [2.45, 2.75) is 51.1 Å². The third-order valence-electron chi connectivity index (χ3n) is 4.66. The molecule has 5 nitrogen and oxygen atoms in total. The van der Waals surface area contributed by atoms with E-state index in [-0.39, 0.29) is 24.5 Å². The minimum Gasteiger partial charge on any atom is -0.484 e. The number of carbonyl (C=O) groups is 2. The first kappa shape index (κ1) is 20.6. The van der Waals surface area contributed by atoms with Gasteiger partial charge in [-0.1, -0.05) is 38.0 Å². The molecule has 0 aromatic heterocycles. The van der Waals surface area contributed by atoms with E-state index in [9.17, 15) is 9.59 Å². The summed E-state index contributed by atoms with van der Waals surface area (Å²) >= 11 is 1.67. The lowest BCUT2D eigenvalue weighted by atomic mass is 9.87. The molecule has 0 saturated heterocycles. The molecule has 2 amide bonds. The van der Waals surface area contributed by atoms with Gasteiger partial charge in [0, 0.05) is 6.04 Å². The van der Waals surface area contributed by atoms with Gasteiger partial charge in [0.2, 0.25) is 5.91 Å². The first-order valence-electron chi connectivity index (χ1n) is 9.35. The quantitative estimate of drug-likeness (QED) is 0.693. The minimum absolute atomic E-state index is 0.0776. The number of thioether (sulfide) groups is 1. The molecule has 2 N–H and O–H groups in total. The standard InChI is InChI=1S/C20H30N2O3S/c1-15-7-6-8-16(13-15)21-20(24)18(11-12-26-2)22-19(23)14-25-17-9-4-3-5-10-17/h3-5,9-10,15-16,18H,6-8,11-14H2,1-2H3,(H,21,24)(H,22,23). The van der Waals surface area contributed by atoms with Gasteiger partial charge >= 0.3 is 0 Å². The molecule has 26 heavy (non-hydrogen) atoms. The monoisotopic (exact) mass is 378 g/mol. The summed E-state index contributed by atoms with van der Waals surface area (Å²) in [5, 5.41) is 5.97. The Morgan fingerprint density at radius 2 is 2.04 bits per heavy atom. The molecule has 1 aromatic carbocycles. The predicted octanol–water partition coefficient (Wildman–Crippen LogP) is 3.00. The van der Waals surface area contributed by atoms with Crippen LogP contribution in [0, 0.1) is 5.92 Å². The number of hydrogen-bond donors (Lipinski definition) is 2. The maximum Gasteiger partial charge on any atom is 0.258 e. The van der Waals surface area contributed by atoms with Crippen molar-refractivity contribution in [1.29, 1.82) is 0 Å². The summed E-state index contributed by atoms with van der Waals surface area (Å²) in [4.78, 5) is 24.9. The van der Waals surface area contributed by atoms with Crippen LogP contribution in [-0.2, 0) is 9.59 Å². The van der Waals surface area contributed by atoms with E-state index in [1.165, 1.54) is 6.42 Å². The largest absolute Gasteiger partial charge is 0.484 e. The van der Waals surface area contributed by atoms with Gasteiger partial charge in [0.15, 0.2) is 6.61 Å². The summed E-state index contributed by atoms with van der Waals surface area (Å²) in [6.45, 7) is 2.14. The molecule has 1 aromatic rings. The van der Waals surface area contributed by atoms with Crippen LogP contribution in [0.1, 0.15) is 39.0 Å². The smallest absolute Gasteiger partial charge is 0.258 e. The number of rotatable bonds is 9. The van der Waals surface area contributed by atoms with E-state index in [1.807, 2.05) is 24.5 Å². The van der Waals surface area contributed by atoms with Gasteiger partial charge in [-0.05, 0) is 49.3 Å². The minimum atomic E-state index is -0.508. The number of benzene rings is 1. The summed E-state index contributed by atoms with van der Waals surface area (Å²) in [7, 11) is 0. The molecular formula is C20H30N2O3S. The summed E-state index contributed by atoms with van der Waals surface area (Å²) < 4.78 is 5.47. The molecule has 6 heteroatoms. The summed E-state index contributed by atoms with van der Waals surface area (Å²) in [6.07, 6.45) is 7.04. The van der Waals surface area contributed by atoms with Crippen LogP contribution in [0.5, 0.6) is 5.75 Å². The first-order valence-corrected chi connectivity index (χ1v) is 10.7. The molecule has 0 aliphatic heterocycles. The molecule has 2 rings (SSSR count). The molecule has 0 spiro atoms. The third kappa shape index (κ3) is 7.28. The van der Waals surface area contributed by atoms with E-state index in [4.69, 9.17) is 4.74 Å². The number of carbonyl (C=O) groups excluding carboxylic acids is 2. The van der Waals surface area contributed by atoms with Crippen LogP contribution in [0.4, 0.5) is 0 Å². The Bertz CT molecular complexity index is 567. The van der Waals surface area contributed by atoms with Crippen molar-refractivity contribution in [2.75, 3.05) is 18.6 Å². The molecule has 1 saturated carbocycles. The zero-order chi connectivity index (χ0) is 18.8. The van der Waals surface area contributed by atoms with Crippen molar-refractivity contribution in [3.8, 4) is 5.75 Å². The van der Waals surface area contributed by atoms with Crippen LogP contribution in [0.15, 0.2) is 30.3 Å². The molecule has 3 unspecified atom stereocenters. The highest BCUT2D eigenvalue weighted by Gasteiger charge is 2.25. The lowest BCUT2D eigenvalue weighted by molar-refractivity contribution is -0.130. The zero-order valence-corrected chi connectivity index (χ0v) is 16.5. The maximum absolute atomic E-state index is 12.7. The van der Waals surface area contributed by atoms with Gasteiger partial charge in [-0.2, -0.15) is 11.8 Å². The highest BCUT2D eigenvalue weighted by Crippen LogP contribution is 2.23. The zero-order valence-electron chi connectivity index (χ0n) is 15.7. The summed E-state index contributed by atoms with van der Waals surface area (Å²) in [6, 6.07) is 8.92. The van der Waals surface area contributed by atoms with E-state index >= 15 is 0 Å². The second kappa shape index (κ2) is 11.1. The molecular weight excluding hydrogens is 348 g/mol. The second-order valence-corrected chi connectivity index (χ2v) is 7.97. The van der Waals surface area contributed by atoms with Gasteiger partial charge in [-0.15, -0.1) is 0 Å². The van der Waals surface area contributed by atoms with E-state index in [0.29, 0.717) is 18.1 Å². The van der Waals surface area contributed by atoms with Gasteiger partial charge < -0.3 is 15.4 Å². The second-order valence-electron chi connectivity index (χ2n) is 6.98. The van der Waals surface area contributed by atoms with E-state index in [2.05, 4.69) is 17.6 Å². The van der Waals surface area contributed by atoms with Crippen LogP contribution >= 0.6 is 11.8 Å². The predicted molar refractivity (Wildman–Crippen MR) is 106 cm³/mol. The van der Waals surface area contributed by atoms with Gasteiger partial charge in [0.05, 0.1) is 0 Å².